The predicted octanol–water partition coefficient (Wildman–Crippen LogP) is 2.86. The van der Waals surface area contributed by atoms with Crippen molar-refractivity contribution in [3.63, 3.8) is 0 Å². The summed E-state index contributed by atoms with van der Waals surface area (Å²) in [5.41, 5.74) is 0.785. The summed E-state index contributed by atoms with van der Waals surface area (Å²) in [5.74, 6) is -0.0261. The lowest BCUT2D eigenvalue weighted by Crippen LogP contribution is -2.38. The van der Waals surface area contributed by atoms with Gasteiger partial charge < -0.3 is 19.3 Å². The van der Waals surface area contributed by atoms with Gasteiger partial charge in [0.1, 0.15) is 4.32 Å². The molecule has 0 saturated carbocycles. The molecule has 2 fully saturated rings. The number of carbonyl (C=O) groups excluding carboxylic acids is 1. The van der Waals surface area contributed by atoms with Crippen LogP contribution >= 0.6 is 24.0 Å². The van der Waals surface area contributed by atoms with E-state index in [0.717, 1.165) is 44.8 Å². The van der Waals surface area contributed by atoms with Gasteiger partial charge in [0.25, 0.3) is 5.91 Å². The molecule has 1 N–H and O–H groups in total. The molecule has 1 amide bonds. The number of thioether (sulfide) groups is 1. The smallest absolute Gasteiger partial charge is 0.306 e. The maximum Gasteiger partial charge on any atom is 0.306 e. The molecule has 0 aliphatic carbocycles. The van der Waals surface area contributed by atoms with Crippen LogP contribution in [-0.2, 0) is 14.3 Å². The van der Waals surface area contributed by atoms with Crippen LogP contribution in [0.4, 0.5) is 0 Å². The molecular weight excluding hydrogens is 452 g/mol. The van der Waals surface area contributed by atoms with Gasteiger partial charge in [-0.25, -0.2) is 0 Å². The number of thiocarbonyl (C=S) groups is 1. The lowest BCUT2D eigenvalue weighted by Gasteiger charge is -2.27. The van der Waals surface area contributed by atoms with Crippen LogP contribution in [0.15, 0.2) is 23.1 Å². The van der Waals surface area contributed by atoms with E-state index in [1.807, 2.05) is 13.0 Å². The maximum atomic E-state index is 12.9. The number of amides is 1. The van der Waals surface area contributed by atoms with E-state index in [4.69, 9.17) is 31.5 Å². The summed E-state index contributed by atoms with van der Waals surface area (Å²) in [4.78, 5) is 28.2. The van der Waals surface area contributed by atoms with Crippen molar-refractivity contribution in [2.75, 3.05) is 52.6 Å². The van der Waals surface area contributed by atoms with E-state index < -0.39 is 5.97 Å². The zero-order chi connectivity index (χ0) is 22.9. The molecule has 0 aromatic heterocycles. The van der Waals surface area contributed by atoms with Gasteiger partial charge in [0.05, 0.1) is 37.8 Å². The van der Waals surface area contributed by atoms with Crippen molar-refractivity contribution in [3.8, 4) is 11.5 Å². The van der Waals surface area contributed by atoms with E-state index in [1.54, 1.807) is 23.1 Å². The van der Waals surface area contributed by atoms with E-state index in [2.05, 4.69) is 4.90 Å². The van der Waals surface area contributed by atoms with Gasteiger partial charge in [0.2, 0.25) is 0 Å². The van der Waals surface area contributed by atoms with Gasteiger partial charge in [0, 0.05) is 26.2 Å². The summed E-state index contributed by atoms with van der Waals surface area (Å²) < 4.78 is 17.1. The number of carboxylic acid groups (broad SMARTS) is 1. The van der Waals surface area contributed by atoms with E-state index in [0.29, 0.717) is 33.9 Å². The Kier molecular flexibility index (Phi) is 9.34. The number of carbonyl (C=O) groups is 2. The monoisotopic (exact) mass is 480 g/mol. The molecule has 0 bridgehead atoms. The second-order valence-corrected chi connectivity index (χ2v) is 8.95. The molecule has 10 heteroatoms. The fraction of sp³-hybridized carbons (Fsp3) is 0.500. The second kappa shape index (κ2) is 12.2. The standard InChI is InChI=1S/C22H28N2O6S2/c1-2-29-18-14-16(4-5-17(18)30-11-6-20(25)26)15-19-21(27)24(22(31)32-19)8-3-7-23-9-12-28-13-10-23/h4-5,14-15H,2-3,6-13H2,1H3,(H,25,26)/b19-15+. The molecule has 0 atom stereocenters. The Morgan fingerprint density at radius 1 is 1.25 bits per heavy atom. The Balaban J connectivity index is 1.62. The summed E-state index contributed by atoms with van der Waals surface area (Å²) >= 11 is 6.74. The number of rotatable bonds is 11. The Morgan fingerprint density at radius 2 is 2.03 bits per heavy atom. The number of benzene rings is 1. The third-order valence-corrected chi connectivity index (χ3v) is 6.35. The minimum atomic E-state index is -0.924. The summed E-state index contributed by atoms with van der Waals surface area (Å²) in [6.07, 6.45) is 2.56. The third kappa shape index (κ3) is 6.93. The van der Waals surface area contributed by atoms with Crippen molar-refractivity contribution < 1.29 is 28.9 Å². The van der Waals surface area contributed by atoms with Crippen molar-refractivity contribution in [2.24, 2.45) is 0 Å². The van der Waals surface area contributed by atoms with E-state index in [1.165, 1.54) is 11.8 Å². The highest BCUT2D eigenvalue weighted by molar-refractivity contribution is 8.26. The lowest BCUT2D eigenvalue weighted by atomic mass is 10.2. The highest BCUT2D eigenvalue weighted by Crippen LogP contribution is 2.35. The lowest BCUT2D eigenvalue weighted by molar-refractivity contribution is -0.137. The largest absolute Gasteiger partial charge is 0.490 e. The fourth-order valence-corrected chi connectivity index (χ4v) is 4.68. The first-order valence-corrected chi connectivity index (χ1v) is 11.9. The Bertz CT molecular complexity index is 870. The number of morpholine rings is 1. The number of hydrogen-bond donors (Lipinski definition) is 1. The first-order valence-electron chi connectivity index (χ1n) is 10.6. The summed E-state index contributed by atoms with van der Waals surface area (Å²) in [6, 6.07) is 5.32. The molecule has 0 spiro atoms. The molecule has 2 heterocycles. The number of hydrogen-bond acceptors (Lipinski definition) is 8. The summed E-state index contributed by atoms with van der Waals surface area (Å²) in [5, 5.41) is 8.78. The molecule has 8 nitrogen and oxygen atoms in total. The van der Waals surface area contributed by atoms with Gasteiger partial charge >= 0.3 is 5.97 Å². The van der Waals surface area contributed by atoms with Crippen LogP contribution in [0.3, 0.4) is 0 Å². The van der Waals surface area contributed by atoms with Gasteiger partial charge in [-0.1, -0.05) is 30.0 Å². The van der Waals surface area contributed by atoms with Crippen LogP contribution in [0.1, 0.15) is 25.3 Å². The molecule has 32 heavy (non-hydrogen) atoms. The third-order valence-electron chi connectivity index (χ3n) is 4.97. The molecule has 0 unspecified atom stereocenters. The molecule has 2 saturated heterocycles. The van der Waals surface area contributed by atoms with Crippen molar-refractivity contribution in [1.29, 1.82) is 0 Å². The average molecular weight is 481 g/mol. The first kappa shape index (κ1) is 24.5. The van der Waals surface area contributed by atoms with Crippen molar-refractivity contribution in [3.05, 3.63) is 28.7 Å². The minimum Gasteiger partial charge on any atom is -0.490 e. The summed E-state index contributed by atoms with van der Waals surface area (Å²) in [7, 11) is 0. The first-order chi connectivity index (χ1) is 15.5. The highest BCUT2D eigenvalue weighted by Gasteiger charge is 2.31. The van der Waals surface area contributed by atoms with Crippen molar-refractivity contribution in [1.82, 2.24) is 9.80 Å². The van der Waals surface area contributed by atoms with E-state index in [-0.39, 0.29) is 18.9 Å². The molecule has 0 radical (unpaired) electrons. The number of carboxylic acids is 1. The zero-order valence-electron chi connectivity index (χ0n) is 18.1. The molecular formula is C22H28N2O6S2. The maximum absolute atomic E-state index is 12.9. The molecule has 1 aromatic carbocycles. The van der Waals surface area contributed by atoms with Gasteiger partial charge in [0.15, 0.2) is 11.5 Å². The van der Waals surface area contributed by atoms with Gasteiger partial charge in [-0.2, -0.15) is 0 Å². The Morgan fingerprint density at radius 3 is 2.75 bits per heavy atom. The Hall–Kier alpha value is -2.14. The number of ether oxygens (including phenoxy) is 3. The molecule has 2 aliphatic rings. The van der Waals surface area contributed by atoms with Crippen molar-refractivity contribution in [2.45, 2.75) is 19.8 Å². The van der Waals surface area contributed by atoms with Crippen LogP contribution in [0.25, 0.3) is 6.08 Å². The predicted molar refractivity (Wildman–Crippen MR) is 127 cm³/mol. The van der Waals surface area contributed by atoms with Crippen LogP contribution in [0, 0.1) is 0 Å². The van der Waals surface area contributed by atoms with Crippen LogP contribution in [-0.4, -0.2) is 83.7 Å². The van der Waals surface area contributed by atoms with Gasteiger partial charge in [-0.3, -0.25) is 19.4 Å². The fourth-order valence-electron chi connectivity index (χ4n) is 3.37. The Labute approximate surface area is 197 Å². The molecule has 1 aromatic rings. The number of nitrogens with zero attached hydrogens (tertiary/aromatic N) is 2. The summed E-state index contributed by atoms with van der Waals surface area (Å²) in [6.45, 7) is 7.23. The van der Waals surface area contributed by atoms with Gasteiger partial charge in [-0.05, 0) is 37.1 Å². The second-order valence-electron chi connectivity index (χ2n) is 7.27. The van der Waals surface area contributed by atoms with Crippen molar-refractivity contribution >= 4 is 46.3 Å². The molecule has 3 rings (SSSR count). The highest BCUT2D eigenvalue weighted by atomic mass is 32.2. The minimum absolute atomic E-state index is 0.0534. The average Bonchev–Trinajstić information content (AvgIpc) is 3.03. The normalized spacial score (nSPS) is 18.4. The quantitative estimate of drug-likeness (QED) is 0.379. The van der Waals surface area contributed by atoms with Crippen LogP contribution in [0.5, 0.6) is 11.5 Å². The van der Waals surface area contributed by atoms with Crippen LogP contribution < -0.4 is 9.47 Å². The van der Waals surface area contributed by atoms with Gasteiger partial charge in [-0.15, -0.1) is 0 Å². The van der Waals surface area contributed by atoms with E-state index >= 15 is 0 Å². The topological polar surface area (TPSA) is 88.5 Å². The number of aliphatic carboxylic acids is 1. The molecule has 2 aliphatic heterocycles. The SMILES string of the molecule is CCOc1cc(/C=C2/SC(=S)N(CCCN3CCOCC3)C2=O)ccc1OCCC(=O)O. The zero-order valence-corrected chi connectivity index (χ0v) is 19.7. The van der Waals surface area contributed by atoms with Crippen LogP contribution in [0.2, 0.25) is 0 Å². The molecule has 174 valence electrons. The van der Waals surface area contributed by atoms with E-state index in [9.17, 15) is 9.59 Å².